The summed E-state index contributed by atoms with van der Waals surface area (Å²) in [5.74, 6) is 0.215. The van der Waals surface area contributed by atoms with Crippen molar-refractivity contribution in [3.05, 3.63) is 42.0 Å². The summed E-state index contributed by atoms with van der Waals surface area (Å²) in [6.45, 7) is 6.26. The Morgan fingerprint density at radius 2 is 2.18 bits per heavy atom. The standard InChI is InChI=1S/C16H22N4O2/c1-11(2)6-14(21)8-18-16(22)13-4-5-15(12(3)7-13)20-10-17-9-19-20/h4-5,7,9-11,14,21H,6,8H2,1-3H3,(H,18,22). The van der Waals surface area contributed by atoms with Gasteiger partial charge in [0, 0.05) is 12.1 Å². The minimum atomic E-state index is -0.514. The first-order valence-electron chi connectivity index (χ1n) is 7.39. The van der Waals surface area contributed by atoms with Crippen LogP contribution in [0.4, 0.5) is 0 Å². The van der Waals surface area contributed by atoms with Crippen LogP contribution in [0.15, 0.2) is 30.9 Å². The van der Waals surface area contributed by atoms with Crippen LogP contribution in [0.25, 0.3) is 5.69 Å². The van der Waals surface area contributed by atoms with Crippen molar-refractivity contribution in [1.82, 2.24) is 20.1 Å². The van der Waals surface area contributed by atoms with Crippen molar-refractivity contribution in [1.29, 1.82) is 0 Å². The van der Waals surface area contributed by atoms with Gasteiger partial charge in [0.15, 0.2) is 0 Å². The molecule has 0 bridgehead atoms. The third kappa shape index (κ3) is 4.14. The van der Waals surface area contributed by atoms with Gasteiger partial charge in [0.1, 0.15) is 12.7 Å². The van der Waals surface area contributed by atoms with Crippen LogP contribution in [-0.2, 0) is 0 Å². The summed E-state index contributed by atoms with van der Waals surface area (Å²) in [5, 5.41) is 16.6. The number of aliphatic hydroxyl groups excluding tert-OH is 1. The molecule has 2 aromatic rings. The van der Waals surface area contributed by atoms with Crippen LogP contribution >= 0.6 is 0 Å². The van der Waals surface area contributed by atoms with E-state index in [2.05, 4.69) is 15.4 Å². The van der Waals surface area contributed by atoms with Crippen molar-refractivity contribution in [2.45, 2.75) is 33.3 Å². The molecule has 118 valence electrons. The van der Waals surface area contributed by atoms with Crippen molar-refractivity contribution < 1.29 is 9.90 Å². The molecule has 1 heterocycles. The molecule has 1 atom stereocenters. The lowest BCUT2D eigenvalue weighted by molar-refractivity contribution is 0.0900. The Kier molecular flexibility index (Phi) is 5.27. The van der Waals surface area contributed by atoms with E-state index in [1.165, 1.54) is 6.33 Å². The lowest BCUT2D eigenvalue weighted by Crippen LogP contribution is -2.32. The van der Waals surface area contributed by atoms with Gasteiger partial charge in [-0.25, -0.2) is 9.67 Å². The first kappa shape index (κ1) is 16.2. The number of aryl methyl sites for hydroxylation is 1. The minimum Gasteiger partial charge on any atom is -0.391 e. The molecule has 0 aliphatic carbocycles. The molecular weight excluding hydrogens is 280 g/mol. The number of hydrogen-bond donors (Lipinski definition) is 2. The average molecular weight is 302 g/mol. The number of aromatic nitrogens is 3. The maximum atomic E-state index is 12.1. The van der Waals surface area contributed by atoms with Crippen LogP contribution in [0.1, 0.15) is 36.2 Å². The van der Waals surface area contributed by atoms with Crippen molar-refractivity contribution in [2.75, 3.05) is 6.54 Å². The average Bonchev–Trinajstić information content (AvgIpc) is 2.97. The van der Waals surface area contributed by atoms with Crippen LogP contribution in [-0.4, -0.2) is 38.4 Å². The highest BCUT2D eigenvalue weighted by Gasteiger charge is 2.12. The van der Waals surface area contributed by atoms with E-state index in [-0.39, 0.29) is 12.5 Å². The van der Waals surface area contributed by atoms with E-state index in [9.17, 15) is 9.90 Å². The number of rotatable bonds is 6. The van der Waals surface area contributed by atoms with Gasteiger partial charge >= 0.3 is 0 Å². The summed E-state index contributed by atoms with van der Waals surface area (Å²) in [5.41, 5.74) is 2.38. The Hall–Kier alpha value is -2.21. The molecule has 0 saturated heterocycles. The first-order chi connectivity index (χ1) is 10.5. The summed E-state index contributed by atoms with van der Waals surface area (Å²) >= 11 is 0. The number of benzene rings is 1. The normalized spacial score (nSPS) is 12.4. The second-order valence-corrected chi connectivity index (χ2v) is 5.83. The Labute approximate surface area is 130 Å². The molecule has 22 heavy (non-hydrogen) atoms. The Morgan fingerprint density at radius 3 is 2.77 bits per heavy atom. The van der Waals surface area contributed by atoms with Gasteiger partial charge in [-0.05, 0) is 43.0 Å². The van der Waals surface area contributed by atoms with Gasteiger partial charge in [0.2, 0.25) is 0 Å². The van der Waals surface area contributed by atoms with Gasteiger partial charge < -0.3 is 10.4 Å². The zero-order valence-electron chi connectivity index (χ0n) is 13.2. The quantitative estimate of drug-likeness (QED) is 0.851. The summed E-state index contributed by atoms with van der Waals surface area (Å²) in [7, 11) is 0. The fraction of sp³-hybridized carbons (Fsp3) is 0.438. The van der Waals surface area contributed by atoms with E-state index < -0.39 is 6.10 Å². The molecule has 6 heteroatoms. The van der Waals surface area contributed by atoms with E-state index in [1.54, 1.807) is 23.1 Å². The molecule has 2 rings (SSSR count). The highest BCUT2D eigenvalue weighted by atomic mass is 16.3. The summed E-state index contributed by atoms with van der Waals surface area (Å²) in [6.07, 6.45) is 3.24. The number of carbonyl (C=O) groups excluding carboxylic acids is 1. The van der Waals surface area contributed by atoms with Crippen molar-refractivity contribution in [2.24, 2.45) is 5.92 Å². The monoisotopic (exact) mass is 302 g/mol. The van der Waals surface area contributed by atoms with Crippen LogP contribution in [0.3, 0.4) is 0 Å². The maximum Gasteiger partial charge on any atom is 0.251 e. The van der Waals surface area contributed by atoms with E-state index >= 15 is 0 Å². The molecule has 0 radical (unpaired) electrons. The Morgan fingerprint density at radius 1 is 1.41 bits per heavy atom. The van der Waals surface area contributed by atoms with Crippen molar-refractivity contribution >= 4 is 5.91 Å². The van der Waals surface area contributed by atoms with Crippen LogP contribution in [0, 0.1) is 12.8 Å². The van der Waals surface area contributed by atoms with E-state index in [0.29, 0.717) is 17.9 Å². The van der Waals surface area contributed by atoms with Gasteiger partial charge in [-0.1, -0.05) is 13.8 Å². The SMILES string of the molecule is Cc1cc(C(=O)NCC(O)CC(C)C)ccc1-n1cncn1. The zero-order valence-corrected chi connectivity index (χ0v) is 13.2. The smallest absolute Gasteiger partial charge is 0.251 e. The van der Waals surface area contributed by atoms with Crippen LogP contribution in [0.5, 0.6) is 0 Å². The Bertz CT molecular complexity index is 623. The highest BCUT2D eigenvalue weighted by molar-refractivity contribution is 5.94. The molecule has 1 aromatic heterocycles. The fourth-order valence-electron chi connectivity index (χ4n) is 2.33. The van der Waals surface area contributed by atoms with E-state index in [1.807, 2.05) is 26.8 Å². The second kappa shape index (κ2) is 7.17. The molecule has 6 nitrogen and oxygen atoms in total. The largest absolute Gasteiger partial charge is 0.391 e. The number of nitrogens with zero attached hydrogens (tertiary/aromatic N) is 3. The van der Waals surface area contributed by atoms with Gasteiger partial charge in [-0.3, -0.25) is 4.79 Å². The predicted molar refractivity (Wildman–Crippen MR) is 83.9 cm³/mol. The van der Waals surface area contributed by atoms with Gasteiger partial charge in [0.25, 0.3) is 5.91 Å². The first-order valence-corrected chi connectivity index (χ1v) is 7.39. The number of aliphatic hydroxyl groups is 1. The number of carbonyl (C=O) groups is 1. The molecule has 0 aliphatic rings. The van der Waals surface area contributed by atoms with Crippen molar-refractivity contribution in [3.63, 3.8) is 0 Å². The molecule has 1 unspecified atom stereocenters. The second-order valence-electron chi connectivity index (χ2n) is 5.83. The highest BCUT2D eigenvalue weighted by Crippen LogP contribution is 2.14. The maximum absolute atomic E-state index is 12.1. The number of nitrogens with one attached hydrogen (secondary N) is 1. The van der Waals surface area contributed by atoms with Gasteiger partial charge in [-0.15, -0.1) is 0 Å². The van der Waals surface area contributed by atoms with Crippen LogP contribution in [0.2, 0.25) is 0 Å². The molecule has 0 spiro atoms. The Balaban J connectivity index is 2.01. The summed E-state index contributed by atoms with van der Waals surface area (Å²) < 4.78 is 1.66. The molecule has 0 aliphatic heterocycles. The molecule has 0 fully saturated rings. The van der Waals surface area contributed by atoms with Gasteiger partial charge in [-0.2, -0.15) is 5.10 Å². The van der Waals surface area contributed by atoms with E-state index in [0.717, 1.165) is 11.3 Å². The van der Waals surface area contributed by atoms with Crippen LogP contribution < -0.4 is 5.32 Å². The van der Waals surface area contributed by atoms with E-state index in [4.69, 9.17) is 0 Å². The lowest BCUT2D eigenvalue weighted by atomic mass is 10.1. The zero-order chi connectivity index (χ0) is 16.1. The van der Waals surface area contributed by atoms with Gasteiger partial charge in [0.05, 0.1) is 11.8 Å². The topological polar surface area (TPSA) is 80.0 Å². The summed E-state index contributed by atoms with van der Waals surface area (Å²) in [6, 6.07) is 5.39. The third-order valence-corrected chi connectivity index (χ3v) is 3.37. The molecule has 2 N–H and O–H groups in total. The molecule has 1 aromatic carbocycles. The number of amides is 1. The lowest BCUT2D eigenvalue weighted by Gasteiger charge is -2.14. The fourth-order valence-corrected chi connectivity index (χ4v) is 2.33. The number of hydrogen-bond acceptors (Lipinski definition) is 4. The minimum absolute atomic E-state index is 0.184. The molecule has 0 saturated carbocycles. The molecule has 1 amide bonds. The molecular formula is C16H22N4O2. The predicted octanol–water partition coefficient (Wildman–Crippen LogP) is 1.71. The van der Waals surface area contributed by atoms with Crippen molar-refractivity contribution in [3.8, 4) is 5.69 Å². The summed E-state index contributed by atoms with van der Waals surface area (Å²) in [4.78, 5) is 16.0. The third-order valence-electron chi connectivity index (χ3n) is 3.37.